The Morgan fingerprint density at radius 2 is 1.96 bits per heavy atom. The van der Waals surface area contributed by atoms with Gasteiger partial charge in [-0.15, -0.1) is 13.2 Å². The van der Waals surface area contributed by atoms with Crippen molar-refractivity contribution in [1.29, 1.82) is 0 Å². The van der Waals surface area contributed by atoms with E-state index < -0.39 is 6.36 Å². The Morgan fingerprint density at radius 3 is 2.54 bits per heavy atom. The van der Waals surface area contributed by atoms with E-state index in [-0.39, 0.29) is 36.7 Å². The molecule has 1 aromatic carbocycles. The van der Waals surface area contributed by atoms with Crippen LogP contribution in [0.2, 0.25) is 0 Å². The molecule has 1 aromatic rings. The SMILES string of the molecule is CC(CN)C(=O)N(Cc1ccccc1OC(F)(F)F)C1CCCC1. The fourth-order valence-corrected chi connectivity index (χ4v) is 3.03. The summed E-state index contributed by atoms with van der Waals surface area (Å²) in [5.41, 5.74) is 5.94. The van der Waals surface area contributed by atoms with E-state index in [0.29, 0.717) is 5.56 Å². The Labute approximate surface area is 139 Å². The van der Waals surface area contributed by atoms with E-state index in [0.717, 1.165) is 25.7 Å². The molecule has 7 heteroatoms. The predicted molar refractivity (Wildman–Crippen MR) is 84.1 cm³/mol. The molecule has 0 heterocycles. The molecular weight excluding hydrogens is 321 g/mol. The number of carbonyl (C=O) groups is 1. The zero-order valence-corrected chi connectivity index (χ0v) is 13.7. The van der Waals surface area contributed by atoms with Crippen molar-refractivity contribution in [1.82, 2.24) is 4.90 Å². The number of nitrogens with two attached hydrogens (primary N) is 1. The Morgan fingerprint density at radius 1 is 1.33 bits per heavy atom. The lowest BCUT2D eigenvalue weighted by Gasteiger charge is -2.32. The lowest BCUT2D eigenvalue weighted by molar-refractivity contribution is -0.275. The molecule has 0 bridgehead atoms. The highest BCUT2D eigenvalue weighted by molar-refractivity contribution is 5.79. The number of halogens is 3. The quantitative estimate of drug-likeness (QED) is 0.860. The highest BCUT2D eigenvalue weighted by Gasteiger charge is 2.34. The zero-order chi connectivity index (χ0) is 17.7. The summed E-state index contributed by atoms with van der Waals surface area (Å²) in [4.78, 5) is 14.3. The minimum Gasteiger partial charge on any atom is -0.405 e. The van der Waals surface area contributed by atoms with E-state index >= 15 is 0 Å². The maximum absolute atomic E-state index is 12.6. The van der Waals surface area contributed by atoms with Crippen molar-refractivity contribution in [2.45, 2.75) is 51.6 Å². The van der Waals surface area contributed by atoms with Gasteiger partial charge in [0.25, 0.3) is 0 Å². The van der Waals surface area contributed by atoms with Crippen molar-refractivity contribution in [2.24, 2.45) is 11.7 Å². The summed E-state index contributed by atoms with van der Waals surface area (Å²) in [6, 6.07) is 6.00. The second-order valence-corrected chi connectivity index (χ2v) is 6.20. The van der Waals surface area contributed by atoms with Crippen LogP contribution in [0, 0.1) is 5.92 Å². The molecule has 1 atom stereocenters. The molecule has 0 aromatic heterocycles. The summed E-state index contributed by atoms with van der Waals surface area (Å²) in [6.45, 7) is 2.05. The van der Waals surface area contributed by atoms with Gasteiger partial charge in [0, 0.05) is 30.6 Å². The van der Waals surface area contributed by atoms with Gasteiger partial charge in [-0.2, -0.15) is 0 Å². The maximum atomic E-state index is 12.6. The van der Waals surface area contributed by atoms with Gasteiger partial charge in [-0.1, -0.05) is 38.0 Å². The van der Waals surface area contributed by atoms with Gasteiger partial charge in [0.15, 0.2) is 0 Å². The summed E-state index contributed by atoms with van der Waals surface area (Å²) in [5, 5.41) is 0. The fourth-order valence-electron chi connectivity index (χ4n) is 3.03. The van der Waals surface area contributed by atoms with Crippen molar-refractivity contribution in [2.75, 3.05) is 6.54 Å². The molecule has 1 unspecified atom stereocenters. The first-order valence-electron chi connectivity index (χ1n) is 8.16. The largest absolute Gasteiger partial charge is 0.573 e. The molecule has 1 saturated carbocycles. The molecule has 1 aliphatic rings. The monoisotopic (exact) mass is 344 g/mol. The molecule has 0 saturated heterocycles. The Hall–Kier alpha value is -1.76. The normalized spacial score (nSPS) is 16.9. The lowest BCUT2D eigenvalue weighted by atomic mass is 10.1. The van der Waals surface area contributed by atoms with Crippen molar-refractivity contribution < 1.29 is 22.7 Å². The Balaban J connectivity index is 2.24. The summed E-state index contributed by atoms with van der Waals surface area (Å²) < 4.78 is 41.8. The van der Waals surface area contributed by atoms with Gasteiger partial charge in [-0.25, -0.2) is 0 Å². The molecule has 0 radical (unpaired) electrons. The number of para-hydroxylation sites is 1. The second kappa shape index (κ2) is 7.88. The number of rotatable bonds is 6. The van der Waals surface area contributed by atoms with Crippen LogP contribution in [0.15, 0.2) is 24.3 Å². The van der Waals surface area contributed by atoms with Gasteiger partial charge in [0.05, 0.1) is 0 Å². The first kappa shape index (κ1) is 18.6. The summed E-state index contributed by atoms with van der Waals surface area (Å²) in [7, 11) is 0. The van der Waals surface area contributed by atoms with Gasteiger partial charge in [-0.3, -0.25) is 4.79 Å². The number of nitrogens with zero attached hydrogens (tertiary/aromatic N) is 1. The molecule has 1 amide bonds. The first-order valence-corrected chi connectivity index (χ1v) is 8.16. The average molecular weight is 344 g/mol. The van der Waals surface area contributed by atoms with Crippen LogP contribution in [-0.2, 0) is 11.3 Å². The number of benzene rings is 1. The summed E-state index contributed by atoms with van der Waals surface area (Å²) >= 11 is 0. The molecule has 0 spiro atoms. The standard InChI is InChI=1S/C17H23F3N2O2/c1-12(10-21)16(23)22(14-7-3-4-8-14)11-13-6-2-5-9-15(13)24-17(18,19)20/h2,5-6,9,12,14H,3-4,7-8,10-11,21H2,1H3. The molecule has 1 fully saturated rings. The van der Waals surface area contributed by atoms with Gasteiger partial charge < -0.3 is 15.4 Å². The highest BCUT2D eigenvalue weighted by Crippen LogP contribution is 2.31. The Bertz CT molecular complexity index is 557. The summed E-state index contributed by atoms with van der Waals surface area (Å²) in [6.07, 6.45) is -0.988. The van der Waals surface area contributed by atoms with Crippen LogP contribution < -0.4 is 10.5 Å². The Kier molecular flexibility index (Phi) is 6.10. The van der Waals surface area contributed by atoms with Crippen LogP contribution in [-0.4, -0.2) is 29.8 Å². The van der Waals surface area contributed by atoms with E-state index in [1.807, 2.05) is 0 Å². The fraction of sp³-hybridized carbons (Fsp3) is 0.588. The van der Waals surface area contributed by atoms with Crippen LogP contribution in [0.1, 0.15) is 38.2 Å². The minimum atomic E-state index is -4.76. The average Bonchev–Trinajstić information content (AvgIpc) is 3.05. The number of hydrogen-bond donors (Lipinski definition) is 1. The molecule has 24 heavy (non-hydrogen) atoms. The highest BCUT2D eigenvalue weighted by atomic mass is 19.4. The maximum Gasteiger partial charge on any atom is 0.573 e. The van der Waals surface area contributed by atoms with E-state index in [1.165, 1.54) is 12.1 Å². The topological polar surface area (TPSA) is 55.6 Å². The van der Waals surface area contributed by atoms with Crippen LogP contribution in [0.3, 0.4) is 0 Å². The third kappa shape index (κ3) is 4.87. The van der Waals surface area contributed by atoms with Crippen LogP contribution in [0.5, 0.6) is 5.75 Å². The van der Waals surface area contributed by atoms with Crippen LogP contribution >= 0.6 is 0 Å². The van der Waals surface area contributed by atoms with E-state index in [9.17, 15) is 18.0 Å². The molecule has 1 aliphatic carbocycles. The third-order valence-corrected chi connectivity index (χ3v) is 4.36. The molecule has 4 nitrogen and oxygen atoms in total. The first-order chi connectivity index (χ1) is 11.3. The lowest BCUT2D eigenvalue weighted by Crippen LogP contribution is -2.43. The minimum absolute atomic E-state index is 0.0467. The zero-order valence-electron chi connectivity index (χ0n) is 13.7. The van der Waals surface area contributed by atoms with Gasteiger partial charge >= 0.3 is 6.36 Å². The molecule has 134 valence electrons. The van der Waals surface area contributed by atoms with Crippen molar-refractivity contribution >= 4 is 5.91 Å². The van der Waals surface area contributed by atoms with E-state index in [2.05, 4.69) is 4.74 Å². The smallest absolute Gasteiger partial charge is 0.405 e. The third-order valence-electron chi connectivity index (χ3n) is 4.36. The van der Waals surface area contributed by atoms with Crippen molar-refractivity contribution in [3.8, 4) is 5.75 Å². The summed E-state index contributed by atoms with van der Waals surface area (Å²) in [5.74, 6) is -0.742. The number of amides is 1. The molecule has 0 aliphatic heterocycles. The number of hydrogen-bond acceptors (Lipinski definition) is 3. The molecule has 2 rings (SSSR count). The second-order valence-electron chi connectivity index (χ2n) is 6.20. The van der Waals surface area contributed by atoms with Gasteiger partial charge in [0.1, 0.15) is 5.75 Å². The van der Waals surface area contributed by atoms with Crippen LogP contribution in [0.4, 0.5) is 13.2 Å². The number of ether oxygens (including phenoxy) is 1. The van der Waals surface area contributed by atoms with Crippen molar-refractivity contribution in [3.63, 3.8) is 0 Å². The molecule has 2 N–H and O–H groups in total. The number of alkyl halides is 3. The van der Waals surface area contributed by atoms with E-state index in [4.69, 9.17) is 5.73 Å². The van der Waals surface area contributed by atoms with Crippen molar-refractivity contribution in [3.05, 3.63) is 29.8 Å². The van der Waals surface area contributed by atoms with E-state index in [1.54, 1.807) is 24.0 Å². The van der Waals surface area contributed by atoms with Gasteiger partial charge in [0.2, 0.25) is 5.91 Å². The predicted octanol–water partition coefficient (Wildman–Crippen LogP) is 3.45. The van der Waals surface area contributed by atoms with Crippen LogP contribution in [0.25, 0.3) is 0 Å². The number of carbonyl (C=O) groups excluding carboxylic acids is 1. The molecular formula is C17H23F3N2O2. The van der Waals surface area contributed by atoms with Gasteiger partial charge in [-0.05, 0) is 18.9 Å².